The summed E-state index contributed by atoms with van der Waals surface area (Å²) >= 11 is 0. The molecule has 2 aromatic heterocycles. The highest BCUT2D eigenvalue weighted by atomic mass is 16.3. The first-order valence-electron chi connectivity index (χ1n) is 5.69. The van der Waals surface area contributed by atoms with Crippen LogP contribution in [0, 0.1) is 27.7 Å². The molecule has 1 N–H and O–H groups in total. The number of nitrogens with zero attached hydrogens (tertiary/aromatic N) is 4. The summed E-state index contributed by atoms with van der Waals surface area (Å²) in [6.07, 6.45) is -0.266. The number of aliphatic hydroxyl groups is 1. The van der Waals surface area contributed by atoms with Gasteiger partial charge in [0.15, 0.2) is 6.17 Å². The molecule has 0 saturated heterocycles. The van der Waals surface area contributed by atoms with Gasteiger partial charge in [-0.3, -0.25) is 0 Å². The normalized spacial score (nSPS) is 11.4. The molecule has 2 heterocycles. The molecule has 2 rings (SSSR count). The summed E-state index contributed by atoms with van der Waals surface area (Å²) in [6, 6.07) is 3.99. The van der Waals surface area contributed by atoms with Crippen molar-refractivity contribution in [3.05, 3.63) is 34.9 Å². The topological polar surface area (TPSA) is 55.9 Å². The molecule has 0 aliphatic carbocycles. The monoisotopic (exact) mass is 234 g/mol. The predicted octanol–water partition coefficient (Wildman–Crippen LogP) is 1.35. The maximum atomic E-state index is 9.58. The summed E-state index contributed by atoms with van der Waals surface area (Å²) in [5, 5.41) is 18.4. The Hall–Kier alpha value is -1.62. The molecule has 0 bridgehead atoms. The number of rotatable bonds is 3. The highest BCUT2D eigenvalue weighted by Crippen LogP contribution is 2.15. The van der Waals surface area contributed by atoms with Crippen LogP contribution in [-0.2, 0) is 0 Å². The van der Waals surface area contributed by atoms with E-state index in [1.54, 1.807) is 0 Å². The van der Waals surface area contributed by atoms with Gasteiger partial charge >= 0.3 is 0 Å². The lowest BCUT2D eigenvalue weighted by molar-refractivity contribution is 0.182. The molecular weight excluding hydrogens is 216 g/mol. The lowest BCUT2D eigenvalue weighted by Gasteiger charge is -2.18. The molecule has 0 atom stereocenters. The van der Waals surface area contributed by atoms with Crippen LogP contribution in [0.2, 0.25) is 0 Å². The van der Waals surface area contributed by atoms with Crippen LogP contribution in [0.25, 0.3) is 0 Å². The highest BCUT2D eigenvalue weighted by molar-refractivity contribution is 5.11. The molecule has 0 saturated carbocycles. The number of aromatic nitrogens is 4. The largest absolute Gasteiger partial charge is 0.392 e. The van der Waals surface area contributed by atoms with Crippen molar-refractivity contribution < 1.29 is 5.11 Å². The van der Waals surface area contributed by atoms with Crippen LogP contribution in [-0.4, -0.2) is 31.3 Å². The number of hydrogen-bond acceptors (Lipinski definition) is 3. The minimum absolute atomic E-state index is 0.0239. The van der Waals surface area contributed by atoms with E-state index >= 15 is 0 Å². The van der Waals surface area contributed by atoms with E-state index in [0.29, 0.717) is 0 Å². The van der Waals surface area contributed by atoms with Crippen molar-refractivity contribution in [2.24, 2.45) is 0 Å². The SMILES string of the molecule is Cc1cc(C)n(C(CO)n2nc(C)cc2C)n1. The van der Waals surface area contributed by atoms with Crippen LogP contribution in [0.4, 0.5) is 0 Å². The summed E-state index contributed by atoms with van der Waals surface area (Å²) in [7, 11) is 0. The van der Waals surface area contributed by atoms with Gasteiger partial charge in [0.25, 0.3) is 0 Å². The van der Waals surface area contributed by atoms with Crippen LogP contribution in [0.15, 0.2) is 12.1 Å². The van der Waals surface area contributed by atoms with Crippen LogP contribution < -0.4 is 0 Å². The second-order valence-electron chi connectivity index (χ2n) is 4.41. The first kappa shape index (κ1) is 11.9. The molecule has 5 heteroatoms. The maximum absolute atomic E-state index is 9.58. The Balaban J connectivity index is 2.47. The summed E-state index contributed by atoms with van der Waals surface area (Å²) < 4.78 is 3.63. The van der Waals surface area contributed by atoms with Gasteiger partial charge < -0.3 is 5.11 Å². The second kappa shape index (κ2) is 4.33. The molecule has 0 aliphatic heterocycles. The number of aryl methyl sites for hydroxylation is 4. The lowest BCUT2D eigenvalue weighted by Crippen LogP contribution is -2.25. The van der Waals surface area contributed by atoms with E-state index in [0.717, 1.165) is 22.8 Å². The van der Waals surface area contributed by atoms with Gasteiger partial charge in [0.1, 0.15) is 0 Å². The molecular formula is C12H18N4O. The third-order valence-corrected chi connectivity index (χ3v) is 2.82. The van der Waals surface area contributed by atoms with Gasteiger partial charge in [-0.2, -0.15) is 10.2 Å². The van der Waals surface area contributed by atoms with Crippen LogP contribution in [0.3, 0.4) is 0 Å². The zero-order valence-corrected chi connectivity index (χ0v) is 10.7. The summed E-state index contributed by atoms with van der Waals surface area (Å²) in [5.41, 5.74) is 3.94. The van der Waals surface area contributed by atoms with Gasteiger partial charge in [-0.1, -0.05) is 0 Å². The molecule has 0 aliphatic rings. The van der Waals surface area contributed by atoms with Gasteiger partial charge in [0, 0.05) is 11.4 Å². The van der Waals surface area contributed by atoms with E-state index in [9.17, 15) is 5.11 Å². The van der Waals surface area contributed by atoms with Crippen molar-refractivity contribution in [1.82, 2.24) is 19.6 Å². The molecule has 0 amide bonds. The predicted molar refractivity (Wildman–Crippen MR) is 64.9 cm³/mol. The zero-order chi connectivity index (χ0) is 12.6. The first-order valence-corrected chi connectivity index (χ1v) is 5.69. The minimum Gasteiger partial charge on any atom is -0.392 e. The quantitative estimate of drug-likeness (QED) is 0.872. The van der Waals surface area contributed by atoms with Gasteiger partial charge in [-0.15, -0.1) is 0 Å². The number of hydrogen-bond donors (Lipinski definition) is 1. The van der Waals surface area contributed by atoms with Crippen molar-refractivity contribution >= 4 is 0 Å². The van der Waals surface area contributed by atoms with E-state index in [1.165, 1.54) is 0 Å². The molecule has 0 fully saturated rings. The fourth-order valence-corrected chi connectivity index (χ4v) is 2.15. The van der Waals surface area contributed by atoms with Gasteiger partial charge in [0.05, 0.1) is 18.0 Å². The second-order valence-corrected chi connectivity index (χ2v) is 4.41. The number of aliphatic hydroxyl groups excluding tert-OH is 1. The third kappa shape index (κ3) is 2.10. The van der Waals surface area contributed by atoms with Gasteiger partial charge in [-0.05, 0) is 39.8 Å². The fourth-order valence-electron chi connectivity index (χ4n) is 2.15. The maximum Gasteiger partial charge on any atom is 0.166 e. The fraction of sp³-hybridized carbons (Fsp3) is 0.500. The minimum atomic E-state index is -0.266. The Bertz CT molecular complexity index is 480. The van der Waals surface area contributed by atoms with Crippen molar-refractivity contribution in [2.45, 2.75) is 33.9 Å². The molecule has 17 heavy (non-hydrogen) atoms. The average molecular weight is 234 g/mol. The Kier molecular flexibility index (Phi) is 3.02. The lowest BCUT2D eigenvalue weighted by atomic mass is 10.4. The van der Waals surface area contributed by atoms with E-state index in [-0.39, 0.29) is 12.8 Å². The molecule has 0 spiro atoms. The van der Waals surface area contributed by atoms with Crippen molar-refractivity contribution in [3.63, 3.8) is 0 Å². The zero-order valence-electron chi connectivity index (χ0n) is 10.7. The molecule has 0 unspecified atom stereocenters. The highest BCUT2D eigenvalue weighted by Gasteiger charge is 2.18. The molecule has 2 aromatic rings. The Morgan fingerprint density at radius 1 is 1.00 bits per heavy atom. The standard InChI is InChI=1S/C12H18N4O/c1-8-5-10(3)15(13-8)12(7-17)16-11(4)6-9(2)14-16/h5-6,12,17H,7H2,1-4H3. The third-order valence-electron chi connectivity index (χ3n) is 2.82. The smallest absolute Gasteiger partial charge is 0.166 e. The molecule has 5 nitrogen and oxygen atoms in total. The summed E-state index contributed by atoms with van der Waals surface area (Å²) in [6.45, 7) is 7.82. The van der Waals surface area contributed by atoms with Crippen molar-refractivity contribution in [1.29, 1.82) is 0 Å². The average Bonchev–Trinajstić information content (AvgIpc) is 2.73. The van der Waals surface area contributed by atoms with Crippen molar-refractivity contribution in [3.8, 4) is 0 Å². The van der Waals surface area contributed by atoms with E-state index in [2.05, 4.69) is 10.2 Å². The summed E-state index contributed by atoms with van der Waals surface area (Å²) in [5.74, 6) is 0. The van der Waals surface area contributed by atoms with Crippen LogP contribution in [0.1, 0.15) is 28.9 Å². The Morgan fingerprint density at radius 3 is 1.65 bits per heavy atom. The van der Waals surface area contributed by atoms with Crippen molar-refractivity contribution in [2.75, 3.05) is 6.61 Å². The molecule has 92 valence electrons. The van der Waals surface area contributed by atoms with Gasteiger partial charge in [0.2, 0.25) is 0 Å². The summed E-state index contributed by atoms with van der Waals surface area (Å²) in [4.78, 5) is 0. The Morgan fingerprint density at radius 2 is 1.41 bits per heavy atom. The van der Waals surface area contributed by atoms with E-state index in [1.807, 2.05) is 49.2 Å². The Labute approximate surface area is 101 Å². The van der Waals surface area contributed by atoms with E-state index < -0.39 is 0 Å². The molecule has 0 radical (unpaired) electrons. The van der Waals surface area contributed by atoms with E-state index in [4.69, 9.17) is 0 Å². The first-order chi connectivity index (χ1) is 8.02. The van der Waals surface area contributed by atoms with Crippen LogP contribution >= 0.6 is 0 Å². The molecule has 0 aromatic carbocycles. The van der Waals surface area contributed by atoms with Crippen LogP contribution in [0.5, 0.6) is 0 Å². The van der Waals surface area contributed by atoms with Gasteiger partial charge in [-0.25, -0.2) is 9.36 Å².